The third kappa shape index (κ3) is 3.37. The van der Waals surface area contributed by atoms with E-state index in [1.807, 2.05) is 27.7 Å². The van der Waals surface area contributed by atoms with Crippen molar-refractivity contribution in [1.29, 1.82) is 0 Å². The third-order valence-electron chi connectivity index (χ3n) is 3.69. The van der Waals surface area contributed by atoms with Gasteiger partial charge in [-0.3, -0.25) is 0 Å². The van der Waals surface area contributed by atoms with Crippen molar-refractivity contribution in [3.05, 3.63) is 29.6 Å². The zero-order valence-corrected chi connectivity index (χ0v) is 13.5. The predicted molar refractivity (Wildman–Crippen MR) is 78.2 cm³/mol. The number of benzene rings is 1. The van der Waals surface area contributed by atoms with E-state index in [9.17, 15) is 12.8 Å². The smallest absolute Gasteiger partial charge is 0.245 e. The van der Waals surface area contributed by atoms with Crippen LogP contribution in [0.3, 0.4) is 0 Å². The number of rotatable bonds is 4. The number of sulfonamides is 1. The Morgan fingerprint density at radius 1 is 1.35 bits per heavy atom. The van der Waals surface area contributed by atoms with Crippen LogP contribution in [0.2, 0.25) is 0 Å². The van der Waals surface area contributed by atoms with E-state index in [1.54, 1.807) is 0 Å². The van der Waals surface area contributed by atoms with E-state index < -0.39 is 15.8 Å². The first-order valence-corrected chi connectivity index (χ1v) is 7.92. The molecule has 0 aliphatic carbocycles. The van der Waals surface area contributed by atoms with Gasteiger partial charge in [-0.05, 0) is 30.0 Å². The molecule has 20 heavy (non-hydrogen) atoms. The van der Waals surface area contributed by atoms with E-state index in [0.717, 1.165) is 0 Å². The maximum Gasteiger partial charge on any atom is 0.245 e. The van der Waals surface area contributed by atoms with Gasteiger partial charge in [-0.2, -0.15) is 4.31 Å². The topological polar surface area (TPSA) is 63.4 Å². The van der Waals surface area contributed by atoms with Crippen molar-refractivity contribution < 1.29 is 12.8 Å². The Labute approximate surface area is 120 Å². The summed E-state index contributed by atoms with van der Waals surface area (Å²) < 4.78 is 40.2. The van der Waals surface area contributed by atoms with Crippen molar-refractivity contribution in [2.24, 2.45) is 11.1 Å². The highest BCUT2D eigenvalue weighted by molar-refractivity contribution is 7.89. The number of nitrogens with zero attached hydrogens (tertiary/aromatic N) is 1. The summed E-state index contributed by atoms with van der Waals surface area (Å²) in [6.45, 7) is 7.81. The van der Waals surface area contributed by atoms with Crippen molar-refractivity contribution in [3.63, 3.8) is 0 Å². The van der Waals surface area contributed by atoms with Crippen molar-refractivity contribution in [2.45, 2.75) is 45.2 Å². The summed E-state index contributed by atoms with van der Waals surface area (Å²) >= 11 is 0. The summed E-state index contributed by atoms with van der Waals surface area (Å²) in [6.07, 6.45) is 0. The lowest BCUT2D eigenvalue weighted by Crippen LogP contribution is -2.43. The van der Waals surface area contributed by atoms with Gasteiger partial charge in [0.15, 0.2) is 0 Å². The highest BCUT2D eigenvalue weighted by Crippen LogP contribution is 2.28. The highest BCUT2D eigenvalue weighted by Gasteiger charge is 2.33. The summed E-state index contributed by atoms with van der Waals surface area (Å²) in [7, 11) is -2.39. The van der Waals surface area contributed by atoms with Gasteiger partial charge in [0.25, 0.3) is 0 Å². The van der Waals surface area contributed by atoms with Crippen LogP contribution >= 0.6 is 0 Å². The average Bonchev–Trinajstić information content (AvgIpc) is 2.35. The minimum absolute atomic E-state index is 0.172. The Morgan fingerprint density at radius 2 is 1.90 bits per heavy atom. The minimum atomic E-state index is -3.86. The van der Waals surface area contributed by atoms with Crippen molar-refractivity contribution in [2.75, 3.05) is 7.05 Å². The molecule has 0 fully saturated rings. The molecule has 0 bridgehead atoms. The van der Waals surface area contributed by atoms with E-state index in [-0.39, 0.29) is 22.9 Å². The molecule has 1 rings (SSSR count). The molecule has 0 heterocycles. The summed E-state index contributed by atoms with van der Waals surface area (Å²) in [5.74, 6) is -0.763. The van der Waals surface area contributed by atoms with Crippen LogP contribution in [0.25, 0.3) is 0 Å². The molecule has 1 aromatic carbocycles. The first-order chi connectivity index (χ1) is 9.01. The molecule has 0 spiro atoms. The van der Waals surface area contributed by atoms with E-state index in [1.165, 1.54) is 29.6 Å². The molecule has 6 heteroatoms. The summed E-state index contributed by atoms with van der Waals surface area (Å²) in [5, 5.41) is 0. The molecular weight excluding hydrogens is 279 g/mol. The molecule has 1 unspecified atom stereocenters. The second-order valence-corrected chi connectivity index (χ2v) is 8.00. The van der Waals surface area contributed by atoms with Crippen molar-refractivity contribution in [3.8, 4) is 0 Å². The largest absolute Gasteiger partial charge is 0.326 e. The monoisotopic (exact) mass is 302 g/mol. The lowest BCUT2D eigenvalue weighted by Gasteiger charge is -2.34. The molecule has 0 saturated heterocycles. The van der Waals surface area contributed by atoms with Crippen molar-refractivity contribution in [1.82, 2.24) is 4.31 Å². The molecule has 0 saturated carbocycles. The van der Waals surface area contributed by atoms with Crippen LogP contribution in [0.15, 0.2) is 23.1 Å². The molecule has 0 radical (unpaired) electrons. The fourth-order valence-electron chi connectivity index (χ4n) is 1.79. The van der Waals surface area contributed by atoms with Gasteiger partial charge in [0.2, 0.25) is 10.0 Å². The molecule has 0 aromatic heterocycles. The van der Waals surface area contributed by atoms with Crippen LogP contribution in [-0.2, 0) is 16.6 Å². The van der Waals surface area contributed by atoms with E-state index in [4.69, 9.17) is 5.73 Å². The number of halogens is 1. The molecule has 1 aromatic rings. The van der Waals surface area contributed by atoms with Crippen LogP contribution in [0.5, 0.6) is 0 Å². The number of hydrogen-bond donors (Lipinski definition) is 1. The summed E-state index contributed by atoms with van der Waals surface area (Å²) in [5.41, 5.74) is 5.74. The van der Waals surface area contributed by atoms with E-state index >= 15 is 0 Å². The standard InChI is InChI=1S/C14H23FN2O2S/c1-10(14(2,3)4)17(5)20(18,19)13-7-6-11(9-16)8-12(13)15/h6-8,10H,9,16H2,1-5H3. The molecular formula is C14H23FN2O2S. The van der Waals surface area contributed by atoms with Gasteiger partial charge < -0.3 is 5.73 Å². The molecule has 0 amide bonds. The summed E-state index contributed by atoms with van der Waals surface area (Å²) in [4.78, 5) is -0.312. The maximum absolute atomic E-state index is 14.0. The van der Waals surface area contributed by atoms with Gasteiger partial charge in [-0.25, -0.2) is 12.8 Å². The molecule has 1 atom stereocenters. The van der Waals surface area contributed by atoms with Gasteiger partial charge in [0.1, 0.15) is 10.7 Å². The average molecular weight is 302 g/mol. The van der Waals surface area contributed by atoms with Gasteiger partial charge in [0.05, 0.1) is 0 Å². The van der Waals surface area contributed by atoms with Gasteiger partial charge in [-0.1, -0.05) is 26.8 Å². The zero-order chi connectivity index (χ0) is 15.7. The Hall–Kier alpha value is -0.980. The number of nitrogens with two attached hydrogens (primary N) is 1. The van der Waals surface area contributed by atoms with Crippen LogP contribution in [0, 0.1) is 11.2 Å². The normalized spacial score (nSPS) is 14.6. The van der Waals surface area contributed by atoms with Gasteiger partial charge in [0, 0.05) is 19.6 Å². The first-order valence-electron chi connectivity index (χ1n) is 6.48. The van der Waals surface area contributed by atoms with Crippen LogP contribution in [-0.4, -0.2) is 25.8 Å². The van der Waals surface area contributed by atoms with Crippen LogP contribution < -0.4 is 5.73 Å². The van der Waals surface area contributed by atoms with Gasteiger partial charge in [-0.15, -0.1) is 0 Å². The fourth-order valence-corrected chi connectivity index (χ4v) is 3.38. The lowest BCUT2D eigenvalue weighted by molar-refractivity contribution is 0.216. The molecule has 4 nitrogen and oxygen atoms in total. The fraction of sp³-hybridized carbons (Fsp3) is 0.571. The van der Waals surface area contributed by atoms with Gasteiger partial charge >= 0.3 is 0 Å². The summed E-state index contributed by atoms with van der Waals surface area (Å²) in [6, 6.07) is 3.72. The van der Waals surface area contributed by atoms with E-state index in [0.29, 0.717) is 5.56 Å². The minimum Gasteiger partial charge on any atom is -0.326 e. The SMILES string of the molecule is CC(N(C)S(=O)(=O)c1ccc(CN)cc1F)C(C)(C)C. The number of hydrogen-bond acceptors (Lipinski definition) is 3. The predicted octanol–water partition coefficient (Wildman–Crippen LogP) is 2.34. The highest BCUT2D eigenvalue weighted by atomic mass is 32.2. The molecule has 2 N–H and O–H groups in total. The zero-order valence-electron chi connectivity index (χ0n) is 12.6. The first kappa shape index (κ1) is 17.1. The van der Waals surface area contributed by atoms with Crippen molar-refractivity contribution >= 4 is 10.0 Å². The quantitative estimate of drug-likeness (QED) is 0.928. The lowest BCUT2D eigenvalue weighted by atomic mass is 9.88. The Morgan fingerprint density at radius 3 is 2.30 bits per heavy atom. The second-order valence-electron chi connectivity index (χ2n) is 6.03. The molecule has 114 valence electrons. The Bertz CT molecular complexity index is 579. The van der Waals surface area contributed by atoms with E-state index in [2.05, 4.69) is 0 Å². The molecule has 0 aliphatic heterocycles. The third-order valence-corrected chi connectivity index (χ3v) is 5.65. The maximum atomic E-state index is 14.0. The Balaban J connectivity index is 3.24. The van der Waals surface area contributed by atoms with Crippen LogP contribution in [0.4, 0.5) is 4.39 Å². The molecule has 0 aliphatic rings. The van der Waals surface area contributed by atoms with Crippen LogP contribution in [0.1, 0.15) is 33.3 Å². The second kappa shape index (κ2) is 5.79. The Kier molecular flexibility index (Phi) is 4.94.